The molecule has 1 heterocycles. The van der Waals surface area contributed by atoms with Crippen molar-refractivity contribution in [2.75, 3.05) is 0 Å². The van der Waals surface area contributed by atoms with Gasteiger partial charge in [-0.2, -0.15) is 22.7 Å². The predicted octanol–water partition coefficient (Wildman–Crippen LogP) is 6.06. The van der Waals surface area contributed by atoms with Gasteiger partial charge >= 0.3 is 0 Å². The summed E-state index contributed by atoms with van der Waals surface area (Å²) >= 11 is 0. The Bertz CT molecular complexity index is 1390. The molecule has 0 spiro atoms. The van der Waals surface area contributed by atoms with Crippen molar-refractivity contribution in [1.82, 2.24) is 0 Å². The molecule has 0 saturated heterocycles. The third kappa shape index (κ3) is 5.08. The third-order valence-electron chi connectivity index (χ3n) is 7.54. The minimum atomic E-state index is -1.23. The highest BCUT2D eigenvalue weighted by Gasteiger charge is 2.33. The molecule has 0 atom stereocenters. The van der Waals surface area contributed by atoms with Crippen LogP contribution in [0.4, 0.5) is 0 Å². The number of hydrogen-bond donors (Lipinski definition) is 0. The van der Waals surface area contributed by atoms with E-state index in [0.717, 1.165) is 30.6 Å². The van der Waals surface area contributed by atoms with Gasteiger partial charge in [-0.15, -0.1) is 0 Å². The molecule has 3 heteroatoms. The first kappa shape index (κ1) is 24.6. The second-order valence-electron chi connectivity index (χ2n) is 9.91. The third-order valence-corrected chi connectivity index (χ3v) is 7.54. The first-order valence-electron chi connectivity index (χ1n) is 13.4. The summed E-state index contributed by atoms with van der Waals surface area (Å²) in [6, 6.07) is 45.5. The number of aryl methyl sites for hydroxylation is 1. The van der Waals surface area contributed by atoms with Gasteiger partial charge in [0, 0.05) is 22.4 Å². The van der Waals surface area contributed by atoms with E-state index in [-0.39, 0.29) is 0 Å². The highest BCUT2D eigenvalue weighted by molar-refractivity contribution is 7.12. The highest BCUT2D eigenvalue weighted by atomic mass is 16.7. The van der Waals surface area contributed by atoms with Crippen LogP contribution in [0.1, 0.15) is 25.3 Å². The topological polar surface area (TPSA) is 13.1 Å². The van der Waals surface area contributed by atoms with E-state index in [9.17, 15) is 0 Å². The lowest BCUT2D eigenvalue weighted by molar-refractivity contribution is -0.866. The van der Waals surface area contributed by atoms with Crippen LogP contribution in [-0.2, 0) is 0 Å². The van der Waals surface area contributed by atoms with E-state index in [1.807, 2.05) is 29.1 Å². The Kier molecular flexibility index (Phi) is 7.51. The van der Waals surface area contributed by atoms with Gasteiger partial charge in [-0.1, -0.05) is 122 Å². The molecule has 0 unspecified atom stereocenters. The molecule has 1 aromatic heterocycles. The summed E-state index contributed by atoms with van der Waals surface area (Å²) in [5.41, 5.74) is 7.53. The molecule has 0 radical (unpaired) electrons. The Balaban J connectivity index is 1.74. The molecule has 4 aromatic carbocycles. The zero-order valence-corrected chi connectivity index (χ0v) is 21.8. The molecular formula is C34H34BNO. The van der Waals surface area contributed by atoms with E-state index in [2.05, 4.69) is 123 Å². The SMILES string of the molecule is CCCC[B-](c1ccccc1)(c1ccccc1)c1ccccc1-c1cccc[n+]1Oc1ccc(C)cc1. The maximum Gasteiger partial charge on any atom is 0.262 e. The van der Waals surface area contributed by atoms with Gasteiger partial charge in [0.05, 0.1) is 6.15 Å². The van der Waals surface area contributed by atoms with Crippen LogP contribution in [-0.4, -0.2) is 6.15 Å². The lowest BCUT2D eigenvalue weighted by Gasteiger charge is -2.44. The smallest absolute Gasteiger partial charge is 0.231 e. The Labute approximate surface area is 221 Å². The summed E-state index contributed by atoms with van der Waals surface area (Å²) in [7, 11) is 0. The summed E-state index contributed by atoms with van der Waals surface area (Å²) in [5.74, 6) is 0.814. The quantitative estimate of drug-likeness (QED) is 0.183. The fourth-order valence-corrected chi connectivity index (χ4v) is 5.70. The van der Waals surface area contributed by atoms with Gasteiger partial charge in [0.1, 0.15) is 0 Å². The van der Waals surface area contributed by atoms with Crippen molar-refractivity contribution in [1.29, 1.82) is 0 Å². The molecule has 5 aromatic rings. The van der Waals surface area contributed by atoms with Crippen LogP contribution in [0.25, 0.3) is 11.3 Å². The lowest BCUT2D eigenvalue weighted by atomic mass is 9.13. The molecule has 5 rings (SSSR count). The average molecular weight is 483 g/mol. The molecule has 184 valence electrons. The van der Waals surface area contributed by atoms with Crippen molar-refractivity contribution in [2.45, 2.75) is 33.0 Å². The summed E-state index contributed by atoms with van der Waals surface area (Å²) in [6.45, 7) is 4.37. The molecule has 37 heavy (non-hydrogen) atoms. The summed E-state index contributed by atoms with van der Waals surface area (Å²) in [6.07, 6.45) is 4.14. The monoisotopic (exact) mass is 483 g/mol. The van der Waals surface area contributed by atoms with E-state index in [4.69, 9.17) is 4.84 Å². The normalized spacial score (nSPS) is 11.3. The number of pyridine rings is 1. The van der Waals surface area contributed by atoms with Gasteiger partial charge in [0.2, 0.25) is 11.9 Å². The van der Waals surface area contributed by atoms with Crippen molar-refractivity contribution >= 4 is 22.5 Å². The van der Waals surface area contributed by atoms with Gasteiger partial charge in [0.15, 0.2) is 0 Å². The summed E-state index contributed by atoms with van der Waals surface area (Å²) in [4.78, 5) is 6.40. The van der Waals surface area contributed by atoms with Crippen LogP contribution >= 0.6 is 0 Å². The molecule has 0 aliphatic carbocycles. The average Bonchev–Trinajstić information content (AvgIpc) is 2.96. The number of aromatic nitrogens is 1. The Morgan fingerprint density at radius 3 is 1.89 bits per heavy atom. The maximum atomic E-state index is 6.40. The Hall–Kier alpha value is -4.11. The zero-order valence-electron chi connectivity index (χ0n) is 21.8. The zero-order chi connectivity index (χ0) is 25.5. The fraction of sp³-hybridized carbons (Fsp3) is 0.147. The van der Waals surface area contributed by atoms with E-state index in [1.54, 1.807) is 0 Å². The Morgan fingerprint density at radius 2 is 1.24 bits per heavy atom. The lowest BCUT2D eigenvalue weighted by Crippen LogP contribution is -2.67. The maximum absolute atomic E-state index is 6.40. The van der Waals surface area contributed by atoms with Crippen LogP contribution < -0.4 is 26.0 Å². The standard InChI is InChI=1S/C34H34BNO/c1-3-4-26-35(29-15-7-5-8-16-29,30-17-9-6-10-18-30)33-20-12-11-19-32(33)34-21-13-14-27-36(34)37-31-24-22-28(2)23-25-31/h5-25,27H,3-4,26H2,1-2H3. The van der Waals surface area contributed by atoms with E-state index in [0.29, 0.717) is 0 Å². The minimum Gasteiger partial charge on any atom is -0.231 e. The largest absolute Gasteiger partial charge is 0.262 e. The number of unbranched alkanes of at least 4 members (excludes halogenated alkanes) is 1. The highest BCUT2D eigenvalue weighted by Crippen LogP contribution is 2.23. The van der Waals surface area contributed by atoms with Gasteiger partial charge in [-0.05, 0) is 25.1 Å². The van der Waals surface area contributed by atoms with Gasteiger partial charge in [-0.3, -0.25) is 0 Å². The van der Waals surface area contributed by atoms with Crippen molar-refractivity contribution < 1.29 is 9.57 Å². The first-order chi connectivity index (χ1) is 18.2. The molecule has 0 aliphatic heterocycles. The minimum absolute atomic E-state index is 0.814. The van der Waals surface area contributed by atoms with Crippen LogP contribution in [0.5, 0.6) is 5.75 Å². The number of nitrogens with zero attached hydrogens (tertiary/aromatic N) is 1. The van der Waals surface area contributed by atoms with Gasteiger partial charge < -0.3 is 0 Å². The molecule has 2 nitrogen and oxygen atoms in total. The molecule has 0 N–H and O–H groups in total. The van der Waals surface area contributed by atoms with Gasteiger partial charge in [0.25, 0.3) is 5.69 Å². The number of hydrogen-bond acceptors (Lipinski definition) is 1. The molecule has 0 saturated carbocycles. The van der Waals surface area contributed by atoms with Crippen LogP contribution in [0.2, 0.25) is 6.32 Å². The van der Waals surface area contributed by atoms with Crippen molar-refractivity contribution in [3.05, 3.63) is 139 Å². The van der Waals surface area contributed by atoms with Crippen molar-refractivity contribution in [3.63, 3.8) is 0 Å². The number of benzene rings is 4. The van der Waals surface area contributed by atoms with Crippen LogP contribution in [0, 0.1) is 6.92 Å². The number of rotatable bonds is 9. The summed E-state index contributed by atoms with van der Waals surface area (Å²) in [5, 5.41) is 0. The molecule has 0 fully saturated rings. The van der Waals surface area contributed by atoms with Crippen LogP contribution in [0.15, 0.2) is 134 Å². The van der Waals surface area contributed by atoms with Gasteiger partial charge in [-0.25, -0.2) is 4.84 Å². The molecule has 0 amide bonds. The van der Waals surface area contributed by atoms with Crippen molar-refractivity contribution in [3.8, 4) is 17.0 Å². The predicted molar refractivity (Wildman–Crippen MR) is 157 cm³/mol. The summed E-state index contributed by atoms with van der Waals surface area (Å²) < 4.78 is 1.90. The molecule has 0 bridgehead atoms. The Morgan fingerprint density at radius 1 is 0.649 bits per heavy atom. The fourth-order valence-electron chi connectivity index (χ4n) is 5.70. The van der Waals surface area contributed by atoms with E-state index >= 15 is 0 Å². The molecular weight excluding hydrogens is 449 g/mol. The second-order valence-corrected chi connectivity index (χ2v) is 9.91. The van der Waals surface area contributed by atoms with Crippen LogP contribution in [0.3, 0.4) is 0 Å². The van der Waals surface area contributed by atoms with E-state index in [1.165, 1.54) is 27.5 Å². The first-order valence-corrected chi connectivity index (χ1v) is 13.4. The molecule has 0 aliphatic rings. The second kappa shape index (κ2) is 11.3. The van der Waals surface area contributed by atoms with Crippen molar-refractivity contribution in [2.24, 2.45) is 0 Å². The van der Waals surface area contributed by atoms with E-state index < -0.39 is 6.15 Å².